The molecule has 0 heterocycles. The SMILES string of the molecule is FC(F)(F)c1cc(Cl)c(Cl)c(Cl)c1Br. The van der Waals surface area contributed by atoms with E-state index in [2.05, 4.69) is 15.9 Å². The summed E-state index contributed by atoms with van der Waals surface area (Å²) in [5.41, 5.74) is -0.947. The average molecular weight is 328 g/mol. The molecule has 78 valence electrons. The minimum Gasteiger partial charge on any atom is -0.166 e. The number of halogens is 7. The number of alkyl halides is 3. The van der Waals surface area contributed by atoms with Crippen LogP contribution in [0.5, 0.6) is 0 Å². The summed E-state index contributed by atoms with van der Waals surface area (Å²) in [7, 11) is 0. The van der Waals surface area contributed by atoms with Crippen LogP contribution in [-0.2, 0) is 6.18 Å². The van der Waals surface area contributed by atoms with Gasteiger partial charge in [0, 0.05) is 4.47 Å². The van der Waals surface area contributed by atoms with Crippen LogP contribution < -0.4 is 0 Å². The second kappa shape index (κ2) is 4.08. The van der Waals surface area contributed by atoms with E-state index in [0.717, 1.165) is 6.07 Å². The second-order valence-electron chi connectivity index (χ2n) is 2.35. The topological polar surface area (TPSA) is 0 Å². The summed E-state index contributed by atoms with van der Waals surface area (Å²) in [5, 5.41) is -0.577. The van der Waals surface area contributed by atoms with E-state index >= 15 is 0 Å². The Morgan fingerprint density at radius 3 is 2.00 bits per heavy atom. The van der Waals surface area contributed by atoms with Gasteiger partial charge in [0.05, 0.1) is 20.6 Å². The van der Waals surface area contributed by atoms with E-state index < -0.39 is 11.7 Å². The van der Waals surface area contributed by atoms with Crippen molar-refractivity contribution in [3.8, 4) is 0 Å². The predicted molar refractivity (Wildman–Crippen MR) is 54.2 cm³/mol. The number of hydrogen-bond donors (Lipinski definition) is 0. The van der Waals surface area contributed by atoms with Crippen molar-refractivity contribution in [2.24, 2.45) is 0 Å². The molecule has 0 aliphatic heterocycles. The highest BCUT2D eigenvalue weighted by molar-refractivity contribution is 9.10. The van der Waals surface area contributed by atoms with Crippen molar-refractivity contribution < 1.29 is 13.2 Å². The van der Waals surface area contributed by atoms with Gasteiger partial charge in [-0.3, -0.25) is 0 Å². The first-order valence-electron chi connectivity index (χ1n) is 3.15. The molecule has 1 aromatic rings. The quantitative estimate of drug-likeness (QED) is 0.440. The first kappa shape index (κ1) is 12.4. The van der Waals surface area contributed by atoms with Crippen LogP contribution in [0.4, 0.5) is 13.2 Å². The summed E-state index contributed by atoms with van der Waals surface area (Å²) in [6.45, 7) is 0. The van der Waals surface area contributed by atoms with Gasteiger partial charge in [-0.05, 0) is 22.0 Å². The first-order valence-corrected chi connectivity index (χ1v) is 5.08. The lowest BCUT2D eigenvalue weighted by Crippen LogP contribution is -2.06. The van der Waals surface area contributed by atoms with Crippen molar-refractivity contribution in [3.05, 3.63) is 31.2 Å². The summed E-state index contributed by atoms with van der Waals surface area (Å²) >= 11 is 19.2. The molecule has 0 unspecified atom stereocenters. The van der Waals surface area contributed by atoms with Crippen LogP contribution in [0.1, 0.15) is 5.56 Å². The molecule has 0 N–H and O–H groups in total. The fourth-order valence-corrected chi connectivity index (χ4v) is 2.04. The largest absolute Gasteiger partial charge is 0.417 e. The van der Waals surface area contributed by atoms with E-state index in [0.29, 0.717) is 0 Å². The molecule has 0 atom stereocenters. The molecule has 0 nitrogen and oxygen atoms in total. The van der Waals surface area contributed by atoms with Gasteiger partial charge in [0.15, 0.2) is 0 Å². The smallest absolute Gasteiger partial charge is 0.166 e. The minimum absolute atomic E-state index is 0.104. The third-order valence-electron chi connectivity index (χ3n) is 1.41. The zero-order chi connectivity index (χ0) is 11.1. The van der Waals surface area contributed by atoms with Gasteiger partial charge in [0.1, 0.15) is 0 Å². The van der Waals surface area contributed by atoms with Gasteiger partial charge >= 0.3 is 6.18 Å². The van der Waals surface area contributed by atoms with Crippen LogP contribution in [0.25, 0.3) is 0 Å². The van der Waals surface area contributed by atoms with Gasteiger partial charge in [-0.2, -0.15) is 13.2 Å². The van der Waals surface area contributed by atoms with E-state index in [-0.39, 0.29) is 19.5 Å². The monoisotopic (exact) mass is 326 g/mol. The van der Waals surface area contributed by atoms with Crippen LogP contribution >= 0.6 is 50.7 Å². The Hall–Kier alpha value is 0.360. The lowest BCUT2D eigenvalue weighted by molar-refractivity contribution is -0.138. The Kier molecular flexibility index (Phi) is 3.62. The van der Waals surface area contributed by atoms with Gasteiger partial charge in [0.2, 0.25) is 0 Å². The molecule has 0 fully saturated rings. The molecule has 1 aromatic carbocycles. The number of rotatable bonds is 0. The Bertz CT molecular complexity index is 375. The van der Waals surface area contributed by atoms with Gasteiger partial charge in [-0.1, -0.05) is 34.8 Å². The van der Waals surface area contributed by atoms with Crippen molar-refractivity contribution >= 4 is 50.7 Å². The maximum atomic E-state index is 12.4. The standard InChI is InChI=1S/C7HBrCl3F3/c8-4-2(7(12,13)14)1-3(9)5(10)6(4)11/h1H. The molecule has 7 heteroatoms. The highest BCUT2D eigenvalue weighted by atomic mass is 79.9. The Balaban J connectivity index is 3.49. The van der Waals surface area contributed by atoms with Crippen molar-refractivity contribution in [2.75, 3.05) is 0 Å². The summed E-state index contributed by atoms with van der Waals surface area (Å²) in [6, 6.07) is 0.722. The number of benzene rings is 1. The highest BCUT2D eigenvalue weighted by Crippen LogP contribution is 2.44. The zero-order valence-electron chi connectivity index (χ0n) is 6.22. The molecular formula is C7HBrCl3F3. The molecule has 0 saturated heterocycles. The molecule has 0 aliphatic carbocycles. The molecule has 0 saturated carbocycles. The van der Waals surface area contributed by atoms with Gasteiger partial charge in [-0.25, -0.2) is 0 Å². The maximum Gasteiger partial charge on any atom is 0.417 e. The minimum atomic E-state index is -4.52. The Morgan fingerprint density at radius 1 is 1.07 bits per heavy atom. The average Bonchev–Trinajstić information content (AvgIpc) is 2.06. The van der Waals surface area contributed by atoms with Crippen molar-refractivity contribution in [2.45, 2.75) is 6.18 Å². The summed E-state index contributed by atoms with van der Waals surface area (Å²) in [5.74, 6) is 0. The third kappa shape index (κ3) is 2.30. The molecule has 14 heavy (non-hydrogen) atoms. The third-order valence-corrected chi connectivity index (χ3v) is 3.72. The van der Waals surface area contributed by atoms with Crippen molar-refractivity contribution in [1.82, 2.24) is 0 Å². The molecule has 0 bridgehead atoms. The summed E-state index contributed by atoms with van der Waals surface area (Å²) < 4.78 is 36.7. The molecular weight excluding hydrogens is 327 g/mol. The van der Waals surface area contributed by atoms with Gasteiger partial charge < -0.3 is 0 Å². The van der Waals surface area contributed by atoms with E-state index in [1.54, 1.807) is 0 Å². The van der Waals surface area contributed by atoms with E-state index in [1.165, 1.54) is 0 Å². The van der Waals surface area contributed by atoms with Crippen molar-refractivity contribution in [3.63, 3.8) is 0 Å². The molecule has 1 rings (SSSR count). The molecule has 0 aromatic heterocycles. The lowest BCUT2D eigenvalue weighted by atomic mass is 10.2. The lowest BCUT2D eigenvalue weighted by Gasteiger charge is -2.11. The van der Waals surface area contributed by atoms with Crippen LogP contribution in [0.2, 0.25) is 15.1 Å². The fraction of sp³-hybridized carbons (Fsp3) is 0.143. The molecule has 0 radical (unpaired) electrons. The molecule has 0 aliphatic rings. The van der Waals surface area contributed by atoms with Crippen molar-refractivity contribution in [1.29, 1.82) is 0 Å². The summed E-state index contributed by atoms with van der Waals surface area (Å²) in [4.78, 5) is 0. The van der Waals surface area contributed by atoms with Crippen LogP contribution in [0.15, 0.2) is 10.5 Å². The predicted octanol–water partition coefficient (Wildman–Crippen LogP) is 5.43. The highest BCUT2D eigenvalue weighted by Gasteiger charge is 2.35. The van der Waals surface area contributed by atoms with Crippen LogP contribution in [-0.4, -0.2) is 0 Å². The van der Waals surface area contributed by atoms with E-state index in [1.807, 2.05) is 0 Å². The van der Waals surface area contributed by atoms with Gasteiger partial charge in [0.25, 0.3) is 0 Å². The zero-order valence-corrected chi connectivity index (χ0v) is 10.1. The number of hydrogen-bond acceptors (Lipinski definition) is 0. The summed E-state index contributed by atoms with van der Waals surface area (Å²) in [6.07, 6.45) is -4.52. The molecule has 0 spiro atoms. The van der Waals surface area contributed by atoms with E-state index in [4.69, 9.17) is 34.8 Å². The maximum absolute atomic E-state index is 12.4. The van der Waals surface area contributed by atoms with Crippen LogP contribution in [0, 0.1) is 0 Å². The second-order valence-corrected chi connectivity index (χ2v) is 4.30. The molecule has 0 amide bonds. The fourth-order valence-electron chi connectivity index (χ4n) is 0.779. The van der Waals surface area contributed by atoms with Gasteiger partial charge in [-0.15, -0.1) is 0 Å². The van der Waals surface area contributed by atoms with E-state index in [9.17, 15) is 13.2 Å². The normalized spacial score (nSPS) is 11.9. The Labute approximate surface area is 101 Å². The Morgan fingerprint density at radius 2 is 1.57 bits per heavy atom. The first-order chi connectivity index (χ1) is 6.25. The van der Waals surface area contributed by atoms with Crippen LogP contribution in [0.3, 0.4) is 0 Å².